The summed E-state index contributed by atoms with van der Waals surface area (Å²) in [5, 5.41) is 13.4. The van der Waals surface area contributed by atoms with E-state index < -0.39 is 34.9 Å². The summed E-state index contributed by atoms with van der Waals surface area (Å²) in [6, 6.07) is 4.04. The van der Waals surface area contributed by atoms with Gasteiger partial charge in [-0.15, -0.1) is 0 Å². The molecule has 0 aliphatic rings. The number of hydrogen-bond donors (Lipinski definition) is 1. The first-order valence-electron chi connectivity index (χ1n) is 6.53. The number of esters is 2. The summed E-state index contributed by atoms with van der Waals surface area (Å²) in [7, 11) is 1.08. The van der Waals surface area contributed by atoms with Crippen LogP contribution < -0.4 is 5.32 Å². The molecule has 1 rings (SSSR count). The Balaban J connectivity index is 3.42. The van der Waals surface area contributed by atoms with E-state index in [-0.39, 0.29) is 11.3 Å². The Morgan fingerprint density at radius 2 is 1.83 bits per heavy atom. The molecule has 0 radical (unpaired) electrons. The number of nitrogens with one attached hydrogen (secondary N) is 1. The molecule has 0 aliphatic heterocycles. The van der Waals surface area contributed by atoms with Gasteiger partial charge in [0.25, 0.3) is 5.69 Å². The van der Waals surface area contributed by atoms with Crippen molar-refractivity contribution in [1.82, 2.24) is 5.32 Å². The van der Waals surface area contributed by atoms with Gasteiger partial charge < -0.3 is 14.8 Å². The number of carbonyl (C=O) groups is 3. The second-order valence-electron chi connectivity index (χ2n) is 4.55. The van der Waals surface area contributed by atoms with Crippen molar-refractivity contribution in [2.75, 3.05) is 7.11 Å². The summed E-state index contributed by atoms with van der Waals surface area (Å²) in [6.07, 6.45) is -1.40. The van der Waals surface area contributed by atoms with Crippen molar-refractivity contribution in [2.24, 2.45) is 0 Å². The average molecular weight is 324 g/mol. The maximum atomic E-state index is 11.9. The van der Waals surface area contributed by atoms with Crippen LogP contribution in [0.3, 0.4) is 0 Å². The van der Waals surface area contributed by atoms with Crippen LogP contribution in [0.4, 0.5) is 5.69 Å². The zero-order valence-corrected chi connectivity index (χ0v) is 12.8. The van der Waals surface area contributed by atoms with Gasteiger partial charge in [-0.1, -0.05) is 12.1 Å². The van der Waals surface area contributed by atoms with Crippen LogP contribution in [0.1, 0.15) is 25.5 Å². The normalized spacial score (nSPS) is 12.7. The molecular formula is C14H16N2O7. The molecule has 2 unspecified atom stereocenters. The van der Waals surface area contributed by atoms with Crippen LogP contribution in [0.5, 0.6) is 0 Å². The Kier molecular flexibility index (Phi) is 6.19. The van der Waals surface area contributed by atoms with Crippen molar-refractivity contribution >= 4 is 23.5 Å². The van der Waals surface area contributed by atoms with Gasteiger partial charge in [0, 0.05) is 19.9 Å². The number of methoxy groups -OCH3 is 1. The monoisotopic (exact) mass is 324 g/mol. The van der Waals surface area contributed by atoms with Crippen LogP contribution >= 0.6 is 0 Å². The molecule has 0 aromatic heterocycles. The first-order chi connectivity index (χ1) is 10.8. The van der Waals surface area contributed by atoms with E-state index in [2.05, 4.69) is 10.1 Å². The molecule has 124 valence electrons. The molecule has 23 heavy (non-hydrogen) atoms. The van der Waals surface area contributed by atoms with Gasteiger partial charge in [0.15, 0.2) is 12.1 Å². The van der Waals surface area contributed by atoms with Crippen LogP contribution in [0.2, 0.25) is 0 Å². The summed E-state index contributed by atoms with van der Waals surface area (Å²) >= 11 is 0. The fourth-order valence-corrected chi connectivity index (χ4v) is 1.99. The fourth-order valence-electron chi connectivity index (χ4n) is 1.99. The third kappa shape index (κ3) is 4.77. The molecule has 9 nitrogen and oxygen atoms in total. The van der Waals surface area contributed by atoms with Crippen molar-refractivity contribution in [1.29, 1.82) is 0 Å². The van der Waals surface area contributed by atoms with Crippen LogP contribution in [-0.4, -0.2) is 35.9 Å². The summed E-state index contributed by atoms with van der Waals surface area (Å²) < 4.78 is 9.64. The molecule has 1 amide bonds. The van der Waals surface area contributed by atoms with Gasteiger partial charge in [-0.3, -0.25) is 19.7 Å². The number of nitrogens with zero attached hydrogens (tertiary/aromatic N) is 1. The number of benzene rings is 1. The summed E-state index contributed by atoms with van der Waals surface area (Å²) in [6.45, 7) is 2.24. The molecule has 0 saturated carbocycles. The predicted molar refractivity (Wildman–Crippen MR) is 77.2 cm³/mol. The van der Waals surface area contributed by atoms with E-state index in [9.17, 15) is 24.5 Å². The lowest BCUT2D eigenvalue weighted by Gasteiger charge is -2.25. The highest BCUT2D eigenvalue weighted by Gasteiger charge is 2.37. The second kappa shape index (κ2) is 7.87. The lowest BCUT2D eigenvalue weighted by molar-refractivity contribution is -0.386. The molecule has 0 heterocycles. The molecule has 9 heteroatoms. The Morgan fingerprint density at radius 1 is 1.22 bits per heavy atom. The van der Waals surface area contributed by atoms with E-state index in [4.69, 9.17) is 4.74 Å². The van der Waals surface area contributed by atoms with Gasteiger partial charge in [0.05, 0.1) is 17.6 Å². The summed E-state index contributed by atoms with van der Waals surface area (Å²) in [5.41, 5.74) is -0.380. The Labute approximate surface area is 131 Å². The number of nitro benzene ring substituents is 1. The molecule has 0 saturated heterocycles. The highest BCUT2D eigenvalue weighted by atomic mass is 16.6. The Bertz CT molecular complexity index is 629. The lowest BCUT2D eigenvalue weighted by Crippen LogP contribution is -2.46. The minimum Gasteiger partial charge on any atom is -0.467 e. The van der Waals surface area contributed by atoms with Gasteiger partial charge in [0.1, 0.15) is 0 Å². The number of carbonyl (C=O) groups excluding carboxylic acids is 3. The summed E-state index contributed by atoms with van der Waals surface area (Å²) in [5.74, 6) is -2.26. The maximum Gasteiger partial charge on any atom is 0.332 e. The zero-order chi connectivity index (χ0) is 17.6. The van der Waals surface area contributed by atoms with E-state index in [1.807, 2.05) is 0 Å². The number of para-hydroxylation sites is 1. The van der Waals surface area contributed by atoms with Crippen LogP contribution in [0, 0.1) is 10.1 Å². The highest BCUT2D eigenvalue weighted by Crippen LogP contribution is 2.30. The van der Waals surface area contributed by atoms with Crippen LogP contribution in [0.25, 0.3) is 0 Å². The Morgan fingerprint density at radius 3 is 2.30 bits per heavy atom. The number of rotatable bonds is 6. The van der Waals surface area contributed by atoms with Crippen molar-refractivity contribution in [2.45, 2.75) is 26.0 Å². The zero-order valence-electron chi connectivity index (χ0n) is 12.8. The number of hydrogen-bond acceptors (Lipinski definition) is 7. The fraction of sp³-hybridized carbons (Fsp3) is 0.357. The minimum absolute atomic E-state index is 0.0307. The SMILES string of the molecule is COC(=O)C(NC(C)=O)C(OC(C)=O)c1ccccc1[N+](=O)[O-]. The summed E-state index contributed by atoms with van der Waals surface area (Å²) in [4.78, 5) is 45.1. The quantitative estimate of drug-likeness (QED) is 0.467. The molecule has 0 aliphatic carbocycles. The van der Waals surface area contributed by atoms with E-state index in [0.29, 0.717) is 0 Å². The van der Waals surface area contributed by atoms with Gasteiger partial charge in [-0.2, -0.15) is 0 Å². The lowest BCUT2D eigenvalue weighted by atomic mass is 10.00. The maximum absolute atomic E-state index is 11.9. The molecule has 0 spiro atoms. The van der Waals surface area contributed by atoms with Gasteiger partial charge in [0.2, 0.25) is 5.91 Å². The standard InChI is InChI=1S/C14H16N2O7/c1-8(17)15-12(14(19)22-3)13(23-9(2)18)10-6-4-5-7-11(10)16(20)21/h4-7,12-13H,1-3H3,(H,15,17). The van der Waals surface area contributed by atoms with Crippen molar-refractivity contribution in [3.8, 4) is 0 Å². The molecule has 0 fully saturated rings. The van der Waals surface area contributed by atoms with Crippen LogP contribution in [0.15, 0.2) is 24.3 Å². The minimum atomic E-state index is -1.41. The van der Waals surface area contributed by atoms with E-state index >= 15 is 0 Å². The first-order valence-corrected chi connectivity index (χ1v) is 6.53. The van der Waals surface area contributed by atoms with Gasteiger partial charge >= 0.3 is 11.9 Å². The third-order valence-electron chi connectivity index (χ3n) is 2.85. The molecule has 2 atom stereocenters. The molecule has 1 aromatic rings. The van der Waals surface area contributed by atoms with Crippen molar-refractivity contribution in [3.63, 3.8) is 0 Å². The highest BCUT2D eigenvalue weighted by molar-refractivity contribution is 5.84. The topological polar surface area (TPSA) is 125 Å². The van der Waals surface area contributed by atoms with Crippen LogP contribution in [-0.2, 0) is 23.9 Å². The molecular weight excluding hydrogens is 308 g/mol. The Hall–Kier alpha value is -2.97. The smallest absolute Gasteiger partial charge is 0.332 e. The number of ether oxygens (including phenoxy) is 2. The number of amides is 1. The third-order valence-corrected chi connectivity index (χ3v) is 2.85. The first kappa shape index (κ1) is 18.1. The average Bonchev–Trinajstić information content (AvgIpc) is 2.49. The molecule has 1 aromatic carbocycles. The predicted octanol–water partition coefficient (Wildman–Crippen LogP) is 0.877. The molecule has 1 N–H and O–H groups in total. The van der Waals surface area contributed by atoms with Gasteiger partial charge in [-0.25, -0.2) is 4.79 Å². The second-order valence-corrected chi connectivity index (χ2v) is 4.55. The molecule has 0 bridgehead atoms. The van der Waals surface area contributed by atoms with Crippen molar-refractivity contribution in [3.05, 3.63) is 39.9 Å². The van der Waals surface area contributed by atoms with E-state index in [1.54, 1.807) is 0 Å². The largest absolute Gasteiger partial charge is 0.467 e. The van der Waals surface area contributed by atoms with E-state index in [1.165, 1.54) is 24.3 Å². The number of nitro groups is 1. The van der Waals surface area contributed by atoms with Crippen molar-refractivity contribution < 1.29 is 28.8 Å². The van der Waals surface area contributed by atoms with E-state index in [0.717, 1.165) is 21.0 Å². The van der Waals surface area contributed by atoms with Gasteiger partial charge in [-0.05, 0) is 6.07 Å².